The van der Waals surface area contributed by atoms with E-state index in [0.717, 1.165) is 12.0 Å². The molecular weight excluding hydrogens is 278 g/mol. The summed E-state index contributed by atoms with van der Waals surface area (Å²) >= 11 is 1.33. The summed E-state index contributed by atoms with van der Waals surface area (Å²) in [5.74, 6) is 0.401. The number of rotatable bonds is 4. The number of carbonyl (C=O) groups excluding carboxylic acids is 1. The standard InChI is InChI=1S/C11H11N7OS/c1-2-7-5-12-15-10(7)14-11(19)9-8(3-4-20-9)18-6-13-16-17-18/h3-6H,2H2,1H3,(H2,12,14,15,19). The quantitative estimate of drug-likeness (QED) is 0.753. The number of carbonyl (C=O) groups is 1. The maximum atomic E-state index is 12.3. The maximum Gasteiger partial charge on any atom is 0.269 e. The van der Waals surface area contributed by atoms with Crippen LogP contribution in [0.5, 0.6) is 0 Å². The van der Waals surface area contributed by atoms with Crippen LogP contribution in [0.1, 0.15) is 22.2 Å². The predicted molar refractivity (Wildman–Crippen MR) is 72.9 cm³/mol. The molecule has 3 aromatic heterocycles. The van der Waals surface area contributed by atoms with Gasteiger partial charge in [0.2, 0.25) is 0 Å². The molecule has 8 nitrogen and oxygen atoms in total. The van der Waals surface area contributed by atoms with Crippen molar-refractivity contribution in [1.29, 1.82) is 0 Å². The lowest BCUT2D eigenvalue weighted by atomic mass is 10.2. The van der Waals surface area contributed by atoms with Crippen LogP contribution in [0.4, 0.5) is 5.82 Å². The number of hydrogen-bond acceptors (Lipinski definition) is 6. The number of aromatic nitrogens is 6. The highest BCUT2D eigenvalue weighted by Gasteiger charge is 2.17. The van der Waals surface area contributed by atoms with Crippen LogP contribution in [-0.2, 0) is 6.42 Å². The third-order valence-electron chi connectivity index (χ3n) is 2.78. The van der Waals surface area contributed by atoms with E-state index in [1.165, 1.54) is 22.3 Å². The molecule has 0 radical (unpaired) electrons. The van der Waals surface area contributed by atoms with E-state index in [4.69, 9.17) is 0 Å². The minimum atomic E-state index is -0.218. The Bertz CT molecular complexity index is 715. The van der Waals surface area contributed by atoms with Crippen LogP contribution < -0.4 is 5.32 Å². The predicted octanol–water partition coefficient (Wildman–Crippen LogP) is 1.26. The van der Waals surface area contributed by atoms with E-state index >= 15 is 0 Å². The summed E-state index contributed by atoms with van der Waals surface area (Å²) in [5, 5.41) is 22.3. The van der Waals surface area contributed by atoms with Gasteiger partial charge in [-0.2, -0.15) is 9.78 Å². The molecule has 0 aliphatic carbocycles. The lowest BCUT2D eigenvalue weighted by molar-refractivity contribution is 0.103. The number of amides is 1. The van der Waals surface area contributed by atoms with E-state index in [0.29, 0.717) is 16.4 Å². The van der Waals surface area contributed by atoms with Crippen molar-refractivity contribution in [3.05, 3.63) is 34.4 Å². The van der Waals surface area contributed by atoms with Crippen LogP contribution in [0.3, 0.4) is 0 Å². The summed E-state index contributed by atoms with van der Waals surface area (Å²) in [6, 6.07) is 1.80. The molecule has 3 rings (SSSR count). The second-order valence-electron chi connectivity index (χ2n) is 3.97. The van der Waals surface area contributed by atoms with Crippen molar-refractivity contribution in [2.45, 2.75) is 13.3 Å². The molecule has 0 aromatic carbocycles. The third-order valence-corrected chi connectivity index (χ3v) is 3.69. The zero-order chi connectivity index (χ0) is 13.9. The molecule has 0 saturated heterocycles. The van der Waals surface area contributed by atoms with Gasteiger partial charge in [0.25, 0.3) is 5.91 Å². The number of nitrogens with zero attached hydrogens (tertiary/aromatic N) is 5. The van der Waals surface area contributed by atoms with Gasteiger partial charge < -0.3 is 5.32 Å². The summed E-state index contributed by atoms with van der Waals surface area (Å²) < 4.78 is 1.46. The molecule has 0 aliphatic heterocycles. The Labute approximate surface area is 117 Å². The second-order valence-corrected chi connectivity index (χ2v) is 4.88. The molecule has 0 fully saturated rings. The van der Waals surface area contributed by atoms with Crippen LogP contribution in [0.15, 0.2) is 24.0 Å². The Morgan fingerprint density at radius 2 is 2.45 bits per heavy atom. The molecular formula is C11H11N7OS. The molecule has 3 heterocycles. The molecule has 2 N–H and O–H groups in total. The van der Waals surface area contributed by atoms with E-state index in [-0.39, 0.29) is 5.91 Å². The van der Waals surface area contributed by atoms with Crippen molar-refractivity contribution in [3.8, 4) is 5.69 Å². The fourth-order valence-corrected chi connectivity index (χ4v) is 2.56. The largest absolute Gasteiger partial charge is 0.306 e. The number of hydrogen-bond donors (Lipinski definition) is 2. The van der Waals surface area contributed by atoms with Gasteiger partial charge in [0.1, 0.15) is 17.0 Å². The van der Waals surface area contributed by atoms with Gasteiger partial charge in [0, 0.05) is 5.56 Å². The molecule has 9 heteroatoms. The van der Waals surface area contributed by atoms with Gasteiger partial charge in [0.05, 0.1) is 11.9 Å². The molecule has 3 aromatic rings. The van der Waals surface area contributed by atoms with Crippen LogP contribution in [0.2, 0.25) is 0 Å². The lowest BCUT2D eigenvalue weighted by Crippen LogP contribution is -2.14. The smallest absolute Gasteiger partial charge is 0.269 e. The second kappa shape index (κ2) is 5.21. The minimum absolute atomic E-state index is 0.218. The number of thiophene rings is 1. The molecule has 0 saturated carbocycles. The number of tetrazole rings is 1. The van der Waals surface area contributed by atoms with Crippen molar-refractivity contribution < 1.29 is 4.79 Å². The van der Waals surface area contributed by atoms with E-state index in [2.05, 4.69) is 31.0 Å². The average molecular weight is 289 g/mol. The van der Waals surface area contributed by atoms with Crippen molar-refractivity contribution >= 4 is 23.1 Å². The van der Waals surface area contributed by atoms with Gasteiger partial charge >= 0.3 is 0 Å². The van der Waals surface area contributed by atoms with Gasteiger partial charge in [-0.25, -0.2) is 0 Å². The normalized spacial score (nSPS) is 10.7. The molecule has 102 valence electrons. The van der Waals surface area contributed by atoms with E-state index < -0.39 is 0 Å². The fourth-order valence-electron chi connectivity index (χ4n) is 1.78. The number of aryl methyl sites for hydroxylation is 1. The summed E-state index contributed by atoms with van der Waals surface area (Å²) in [6.45, 7) is 2.00. The Morgan fingerprint density at radius 1 is 1.55 bits per heavy atom. The molecule has 20 heavy (non-hydrogen) atoms. The first-order valence-electron chi connectivity index (χ1n) is 5.94. The number of H-pyrrole nitrogens is 1. The van der Waals surface area contributed by atoms with E-state index in [9.17, 15) is 4.79 Å². The van der Waals surface area contributed by atoms with Crippen molar-refractivity contribution in [2.75, 3.05) is 5.32 Å². The first kappa shape index (κ1) is 12.5. The SMILES string of the molecule is CCc1cn[nH]c1NC(=O)c1sccc1-n1cnnn1. The van der Waals surface area contributed by atoms with Gasteiger partial charge in [0.15, 0.2) is 0 Å². The Balaban J connectivity index is 1.87. The molecule has 0 unspecified atom stereocenters. The Morgan fingerprint density at radius 3 is 3.20 bits per heavy atom. The van der Waals surface area contributed by atoms with Crippen LogP contribution in [0.25, 0.3) is 5.69 Å². The highest BCUT2D eigenvalue weighted by atomic mass is 32.1. The number of aromatic amines is 1. The fraction of sp³-hybridized carbons (Fsp3) is 0.182. The molecule has 0 atom stereocenters. The molecule has 1 amide bonds. The number of anilines is 1. The van der Waals surface area contributed by atoms with Crippen LogP contribution in [-0.4, -0.2) is 36.3 Å². The highest BCUT2D eigenvalue weighted by Crippen LogP contribution is 2.22. The molecule has 0 bridgehead atoms. The summed E-state index contributed by atoms with van der Waals surface area (Å²) in [7, 11) is 0. The van der Waals surface area contributed by atoms with E-state index in [1.54, 1.807) is 12.3 Å². The minimum Gasteiger partial charge on any atom is -0.306 e. The Hall–Kier alpha value is -2.55. The topological polar surface area (TPSA) is 101 Å². The van der Waals surface area contributed by atoms with Crippen molar-refractivity contribution in [3.63, 3.8) is 0 Å². The van der Waals surface area contributed by atoms with Crippen LogP contribution >= 0.6 is 11.3 Å². The summed E-state index contributed by atoms with van der Waals surface area (Å²) in [6.07, 6.45) is 3.94. The summed E-state index contributed by atoms with van der Waals surface area (Å²) in [4.78, 5) is 12.9. The zero-order valence-corrected chi connectivity index (χ0v) is 11.4. The lowest BCUT2D eigenvalue weighted by Gasteiger charge is -2.05. The monoisotopic (exact) mass is 289 g/mol. The highest BCUT2D eigenvalue weighted by molar-refractivity contribution is 7.12. The maximum absolute atomic E-state index is 12.3. The molecule has 0 aliphatic rings. The van der Waals surface area contributed by atoms with Crippen LogP contribution in [0, 0.1) is 0 Å². The van der Waals surface area contributed by atoms with E-state index in [1.807, 2.05) is 12.3 Å². The van der Waals surface area contributed by atoms with Gasteiger partial charge in [-0.1, -0.05) is 6.92 Å². The number of nitrogens with one attached hydrogen (secondary N) is 2. The van der Waals surface area contributed by atoms with Crippen molar-refractivity contribution in [1.82, 2.24) is 30.4 Å². The first-order chi connectivity index (χ1) is 9.79. The zero-order valence-electron chi connectivity index (χ0n) is 10.6. The van der Waals surface area contributed by atoms with Gasteiger partial charge in [-0.05, 0) is 28.3 Å². The molecule has 0 spiro atoms. The average Bonchev–Trinajstić information content (AvgIpc) is 3.19. The van der Waals surface area contributed by atoms with Crippen molar-refractivity contribution in [2.24, 2.45) is 0 Å². The Kier molecular flexibility index (Phi) is 3.25. The third kappa shape index (κ3) is 2.18. The summed E-state index contributed by atoms with van der Waals surface area (Å²) in [5.41, 5.74) is 1.61. The van der Waals surface area contributed by atoms with Gasteiger partial charge in [-0.3, -0.25) is 9.89 Å². The van der Waals surface area contributed by atoms with Gasteiger partial charge in [-0.15, -0.1) is 16.4 Å². The first-order valence-corrected chi connectivity index (χ1v) is 6.82.